The van der Waals surface area contributed by atoms with Gasteiger partial charge < -0.3 is 19.7 Å². The van der Waals surface area contributed by atoms with E-state index >= 15 is 0 Å². The largest absolute Gasteiger partial charge is 0.444 e. The molecule has 0 aliphatic carbocycles. The molecule has 3 aliphatic rings. The van der Waals surface area contributed by atoms with E-state index in [4.69, 9.17) is 9.47 Å². The molecule has 3 heterocycles. The number of morpholine rings is 1. The molecule has 0 aromatic carbocycles. The number of carbonyl (C=O) groups excluding carboxylic acids is 1. The maximum absolute atomic E-state index is 12.4. The first kappa shape index (κ1) is 18.0. The Bertz CT molecular complexity index is 437. The van der Waals surface area contributed by atoms with Crippen molar-refractivity contribution in [1.82, 2.24) is 15.1 Å². The summed E-state index contributed by atoms with van der Waals surface area (Å²) in [4.78, 5) is 16.8. The van der Waals surface area contributed by atoms with Crippen LogP contribution in [-0.4, -0.2) is 79.0 Å². The first-order valence-electron chi connectivity index (χ1n) is 9.36. The Labute approximate surface area is 145 Å². The summed E-state index contributed by atoms with van der Waals surface area (Å²) in [5, 5.41) is 3.70. The van der Waals surface area contributed by atoms with Gasteiger partial charge in [-0.3, -0.25) is 4.90 Å². The lowest BCUT2D eigenvalue weighted by atomic mass is 9.97. The molecule has 6 nitrogen and oxygen atoms in total. The molecule has 0 spiro atoms. The summed E-state index contributed by atoms with van der Waals surface area (Å²) in [7, 11) is 2.26. The number of nitrogens with zero attached hydrogens (tertiary/aromatic N) is 2. The SMILES string of the molecule is CN1C2CCC1CC(NCC1COCCN1C(=O)OC(C)(C)C)C2. The molecule has 0 radical (unpaired) electrons. The number of rotatable bonds is 3. The molecule has 1 amide bonds. The zero-order chi connectivity index (χ0) is 17.3. The second-order valence-corrected chi connectivity index (χ2v) is 8.53. The molecule has 138 valence electrons. The van der Waals surface area contributed by atoms with Gasteiger partial charge in [-0.1, -0.05) is 0 Å². The van der Waals surface area contributed by atoms with Gasteiger partial charge in [-0.2, -0.15) is 0 Å². The van der Waals surface area contributed by atoms with Crippen LogP contribution in [0.4, 0.5) is 4.79 Å². The van der Waals surface area contributed by atoms with Crippen molar-refractivity contribution < 1.29 is 14.3 Å². The van der Waals surface area contributed by atoms with Crippen LogP contribution in [0, 0.1) is 0 Å². The van der Waals surface area contributed by atoms with Crippen molar-refractivity contribution in [2.24, 2.45) is 0 Å². The summed E-state index contributed by atoms with van der Waals surface area (Å²) < 4.78 is 11.2. The van der Waals surface area contributed by atoms with Crippen LogP contribution in [-0.2, 0) is 9.47 Å². The molecule has 3 unspecified atom stereocenters. The monoisotopic (exact) mass is 339 g/mol. The van der Waals surface area contributed by atoms with Gasteiger partial charge in [-0.25, -0.2) is 4.79 Å². The van der Waals surface area contributed by atoms with Crippen LogP contribution in [0.5, 0.6) is 0 Å². The number of ether oxygens (including phenoxy) is 2. The highest BCUT2D eigenvalue weighted by atomic mass is 16.6. The summed E-state index contributed by atoms with van der Waals surface area (Å²) in [6.07, 6.45) is 4.87. The van der Waals surface area contributed by atoms with E-state index in [1.54, 1.807) is 0 Å². The fourth-order valence-electron chi connectivity index (χ4n) is 4.27. The number of piperidine rings is 1. The maximum Gasteiger partial charge on any atom is 0.410 e. The van der Waals surface area contributed by atoms with E-state index in [9.17, 15) is 4.79 Å². The lowest BCUT2D eigenvalue weighted by Gasteiger charge is -2.40. The van der Waals surface area contributed by atoms with Crippen molar-refractivity contribution in [3.8, 4) is 0 Å². The van der Waals surface area contributed by atoms with Gasteiger partial charge in [0, 0.05) is 31.2 Å². The van der Waals surface area contributed by atoms with Crippen LogP contribution in [0.2, 0.25) is 0 Å². The fraction of sp³-hybridized carbons (Fsp3) is 0.944. The first-order valence-corrected chi connectivity index (χ1v) is 9.36. The van der Waals surface area contributed by atoms with Gasteiger partial charge in [-0.15, -0.1) is 0 Å². The zero-order valence-corrected chi connectivity index (χ0v) is 15.6. The normalized spacial score (nSPS) is 34.4. The average molecular weight is 339 g/mol. The number of amides is 1. The van der Waals surface area contributed by atoms with Crippen molar-refractivity contribution in [3.05, 3.63) is 0 Å². The van der Waals surface area contributed by atoms with Gasteiger partial charge in [0.2, 0.25) is 0 Å². The van der Waals surface area contributed by atoms with Gasteiger partial charge in [0.05, 0.1) is 19.3 Å². The summed E-state index contributed by atoms with van der Waals surface area (Å²) in [6.45, 7) is 8.31. The van der Waals surface area contributed by atoms with Crippen LogP contribution in [0.25, 0.3) is 0 Å². The lowest BCUT2D eigenvalue weighted by Crippen LogP contribution is -2.56. The Balaban J connectivity index is 1.52. The highest BCUT2D eigenvalue weighted by Crippen LogP contribution is 2.34. The van der Waals surface area contributed by atoms with Crippen molar-refractivity contribution in [1.29, 1.82) is 0 Å². The molecule has 6 heteroatoms. The second kappa shape index (κ2) is 7.18. The molecule has 3 rings (SSSR count). The minimum absolute atomic E-state index is 0.0610. The molecule has 3 aliphatic heterocycles. The summed E-state index contributed by atoms with van der Waals surface area (Å²) in [6, 6.07) is 2.07. The lowest BCUT2D eigenvalue weighted by molar-refractivity contribution is -0.0327. The topological polar surface area (TPSA) is 54.0 Å². The maximum atomic E-state index is 12.4. The van der Waals surface area contributed by atoms with Gasteiger partial charge in [0.1, 0.15) is 5.60 Å². The second-order valence-electron chi connectivity index (χ2n) is 8.53. The quantitative estimate of drug-likeness (QED) is 0.850. The molecular weight excluding hydrogens is 306 g/mol. The first-order chi connectivity index (χ1) is 11.3. The van der Waals surface area contributed by atoms with E-state index in [-0.39, 0.29) is 12.1 Å². The van der Waals surface area contributed by atoms with E-state index in [0.717, 1.165) is 18.6 Å². The van der Waals surface area contributed by atoms with E-state index < -0.39 is 5.60 Å². The predicted molar refractivity (Wildman–Crippen MR) is 93.1 cm³/mol. The Kier molecular flexibility index (Phi) is 5.37. The summed E-state index contributed by atoms with van der Waals surface area (Å²) in [5.41, 5.74) is -0.458. The van der Waals surface area contributed by atoms with Crippen molar-refractivity contribution in [3.63, 3.8) is 0 Å². The summed E-state index contributed by atoms with van der Waals surface area (Å²) >= 11 is 0. The Hall–Kier alpha value is -0.850. The predicted octanol–water partition coefficient (Wildman–Crippen LogP) is 1.84. The van der Waals surface area contributed by atoms with E-state index in [1.807, 2.05) is 25.7 Å². The molecule has 0 aromatic rings. The molecule has 2 bridgehead atoms. The number of hydrogen-bond donors (Lipinski definition) is 1. The standard InChI is InChI=1S/C18H33N3O3/c1-18(2,3)24-17(22)21-7-8-23-12-16(21)11-19-13-9-14-5-6-15(10-13)20(14)4/h13-16,19H,5-12H2,1-4H3. The Morgan fingerprint density at radius 1 is 1.25 bits per heavy atom. The van der Waals surface area contributed by atoms with Crippen LogP contribution in [0.1, 0.15) is 46.5 Å². The zero-order valence-electron chi connectivity index (χ0n) is 15.6. The van der Waals surface area contributed by atoms with Gasteiger partial charge >= 0.3 is 6.09 Å². The third-order valence-corrected chi connectivity index (χ3v) is 5.60. The molecular formula is C18H33N3O3. The number of hydrogen-bond acceptors (Lipinski definition) is 5. The van der Waals surface area contributed by atoms with Gasteiger partial charge in [0.15, 0.2) is 0 Å². The molecule has 3 atom stereocenters. The van der Waals surface area contributed by atoms with Crippen molar-refractivity contribution in [2.45, 2.75) is 76.2 Å². The summed E-state index contributed by atoms with van der Waals surface area (Å²) in [5.74, 6) is 0. The van der Waals surface area contributed by atoms with E-state index in [1.165, 1.54) is 25.7 Å². The minimum Gasteiger partial charge on any atom is -0.444 e. The van der Waals surface area contributed by atoms with Crippen LogP contribution in [0.15, 0.2) is 0 Å². The molecule has 24 heavy (non-hydrogen) atoms. The number of fused-ring (bicyclic) bond motifs is 2. The van der Waals surface area contributed by atoms with Crippen molar-refractivity contribution in [2.75, 3.05) is 33.4 Å². The van der Waals surface area contributed by atoms with E-state index in [0.29, 0.717) is 25.8 Å². The molecule has 3 saturated heterocycles. The molecule has 1 N–H and O–H groups in total. The average Bonchev–Trinajstić information content (AvgIpc) is 2.73. The van der Waals surface area contributed by atoms with Crippen LogP contribution < -0.4 is 5.32 Å². The number of carbonyl (C=O) groups is 1. The third kappa shape index (κ3) is 4.21. The fourth-order valence-corrected chi connectivity index (χ4v) is 4.27. The van der Waals surface area contributed by atoms with Crippen LogP contribution >= 0.6 is 0 Å². The minimum atomic E-state index is -0.458. The molecule has 3 fully saturated rings. The van der Waals surface area contributed by atoms with Crippen molar-refractivity contribution >= 4 is 6.09 Å². The third-order valence-electron chi connectivity index (χ3n) is 5.60. The molecule has 0 saturated carbocycles. The number of nitrogens with one attached hydrogen (secondary N) is 1. The van der Waals surface area contributed by atoms with Gasteiger partial charge in [0.25, 0.3) is 0 Å². The highest BCUT2D eigenvalue weighted by Gasteiger charge is 2.39. The van der Waals surface area contributed by atoms with Gasteiger partial charge in [-0.05, 0) is 53.5 Å². The smallest absolute Gasteiger partial charge is 0.410 e. The van der Waals surface area contributed by atoms with Crippen LogP contribution in [0.3, 0.4) is 0 Å². The van der Waals surface area contributed by atoms with E-state index in [2.05, 4.69) is 17.3 Å². The molecule has 0 aromatic heterocycles. The highest BCUT2D eigenvalue weighted by molar-refractivity contribution is 5.68. The Morgan fingerprint density at radius 2 is 1.92 bits per heavy atom. The Morgan fingerprint density at radius 3 is 2.54 bits per heavy atom.